The second-order valence-corrected chi connectivity index (χ2v) is 7.03. The molecule has 2 aliphatic carbocycles. The van der Waals surface area contributed by atoms with Crippen molar-refractivity contribution in [1.29, 1.82) is 0 Å². The lowest BCUT2D eigenvalue weighted by Crippen LogP contribution is -2.37. The van der Waals surface area contributed by atoms with Crippen molar-refractivity contribution in [2.75, 3.05) is 6.26 Å². The highest BCUT2D eigenvalue weighted by molar-refractivity contribution is 7.94. The molecular weight excluding hydrogens is 300 g/mol. The summed E-state index contributed by atoms with van der Waals surface area (Å²) >= 11 is 1.08. The van der Waals surface area contributed by atoms with E-state index in [0.717, 1.165) is 49.6 Å². The van der Waals surface area contributed by atoms with Gasteiger partial charge in [-0.25, -0.2) is 14.6 Å². The number of nitrogens with zero attached hydrogens (tertiary/aromatic N) is 1. The first kappa shape index (κ1) is 17.4. The van der Waals surface area contributed by atoms with Gasteiger partial charge in [-0.05, 0) is 69.6 Å². The Balaban J connectivity index is 1.63. The van der Waals surface area contributed by atoms with Crippen LogP contribution in [0.3, 0.4) is 0 Å². The Morgan fingerprint density at radius 3 is 2.27 bits per heavy atom. The van der Waals surface area contributed by atoms with Crippen LogP contribution in [0.5, 0.6) is 0 Å². The highest BCUT2D eigenvalue weighted by atomic mass is 32.2. The van der Waals surface area contributed by atoms with Gasteiger partial charge in [0.05, 0.1) is 18.1 Å². The van der Waals surface area contributed by atoms with Crippen LogP contribution in [0.25, 0.3) is 0 Å². The number of nitrogens with one attached hydrogen (secondary N) is 1. The minimum atomic E-state index is -0.315. The van der Waals surface area contributed by atoms with Crippen molar-refractivity contribution < 1.29 is 13.8 Å². The number of amides is 1. The van der Waals surface area contributed by atoms with Crippen LogP contribution in [-0.2, 0) is 8.98 Å². The van der Waals surface area contributed by atoms with E-state index in [0.29, 0.717) is 0 Å². The maximum absolute atomic E-state index is 11.4. The molecule has 0 spiro atoms. The fraction of sp³-hybridized carbons (Fsp3) is 0.875. The van der Waals surface area contributed by atoms with Gasteiger partial charge in [-0.3, -0.25) is 0 Å². The Morgan fingerprint density at radius 2 is 1.73 bits per heavy atom. The van der Waals surface area contributed by atoms with Crippen molar-refractivity contribution in [1.82, 2.24) is 5.32 Å². The third kappa shape index (κ3) is 5.65. The third-order valence-corrected chi connectivity index (χ3v) is 5.36. The lowest BCUT2D eigenvalue weighted by Gasteiger charge is -2.33. The van der Waals surface area contributed by atoms with Crippen molar-refractivity contribution in [2.24, 2.45) is 16.8 Å². The van der Waals surface area contributed by atoms with Gasteiger partial charge in [-0.15, -0.1) is 0 Å². The second-order valence-electron chi connectivity index (χ2n) is 6.53. The van der Waals surface area contributed by atoms with E-state index in [1.54, 1.807) is 12.3 Å². The van der Waals surface area contributed by atoms with Crippen LogP contribution < -0.4 is 5.32 Å². The molecule has 0 saturated heterocycles. The average Bonchev–Trinajstić information content (AvgIpc) is 2.52. The smallest absolute Gasteiger partial charge is 0.375 e. The molecule has 2 rings (SSSR count). The normalized spacial score (nSPS) is 31.9. The van der Waals surface area contributed by atoms with Crippen molar-refractivity contribution in [2.45, 2.75) is 69.9 Å². The molecule has 1 amide bonds. The van der Waals surface area contributed by atoms with E-state index in [-0.39, 0.29) is 18.2 Å². The van der Waals surface area contributed by atoms with Crippen LogP contribution in [-0.4, -0.2) is 30.5 Å². The number of rotatable bonds is 5. The molecule has 2 saturated carbocycles. The van der Waals surface area contributed by atoms with E-state index >= 15 is 0 Å². The minimum absolute atomic E-state index is 0.219. The van der Waals surface area contributed by atoms with E-state index in [9.17, 15) is 9.59 Å². The van der Waals surface area contributed by atoms with Gasteiger partial charge in [0.1, 0.15) is 0 Å². The van der Waals surface area contributed by atoms with Gasteiger partial charge in [-0.2, -0.15) is 0 Å². The van der Waals surface area contributed by atoms with E-state index in [1.165, 1.54) is 32.1 Å². The zero-order valence-corrected chi connectivity index (χ0v) is 14.1. The standard InChI is InChI=1S/C16H26N2O3S/c1-22-21-16(20)18-15-8-4-13(5-9-15)10-12-2-6-14(7-3-12)17-11-19/h12-15H,2-10H2,1H3,(H,18,20). The molecule has 0 aromatic carbocycles. The van der Waals surface area contributed by atoms with E-state index in [2.05, 4.69) is 10.3 Å². The van der Waals surface area contributed by atoms with Crippen LogP contribution in [0.4, 0.5) is 4.79 Å². The fourth-order valence-corrected chi connectivity index (χ4v) is 4.06. The zero-order chi connectivity index (χ0) is 15.8. The Labute approximate surface area is 136 Å². The first-order valence-electron chi connectivity index (χ1n) is 8.29. The first-order valence-corrected chi connectivity index (χ1v) is 9.44. The minimum Gasteiger partial charge on any atom is -0.375 e. The predicted octanol–water partition coefficient (Wildman–Crippen LogP) is 3.83. The molecule has 0 aromatic heterocycles. The van der Waals surface area contributed by atoms with Gasteiger partial charge in [0.15, 0.2) is 0 Å². The maximum atomic E-state index is 11.4. The molecular formula is C16H26N2O3S. The van der Waals surface area contributed by atoms with E-state index in [1.807, 2.05) is 0 Å². The van der Waals surface area contributed by atoms with Crippen molar-refractivity contribution in [3.8, 4) is 0 Å². The molecule has 0 bridgehead atoms. The molecule has 124 valence electrons. The van der Waals surface area contributed by atoms with Crippen molar-refractivity contribution in [3.63, 3.8) is 0 Å². The average molecular weight is 326 g/mol. The van der Waals surface area contributed by atoms with Crippen LogP contribution in [0.15, 0.2) is 4.99 Å². The van der Waals surface area contributed by atoms with Crippen LogP contribution in [0.2, 0.25) is 0 Å². The van der Waals surface area contributed by atoms with Gasteiger partial charge < -0.3 is 9.50 Å². The van der Waals surface area contributed by atoms with Gasteiger partial charge in [0.2, 0.25) is 6.08 Å². The van der Waals surface area contributed by atoms with Crippen LogP contribution in [0, 0.1) is 11.8 Å². The summed E-state index contributed by atoms with van der Waals surface area (Å²) in [4.78, 5) is 25.5. The quantitative estimate of drug-likeness (QED) is 0.473. The molecule has 0 radical (unpaired) electrons. The lowest BCUT2D eigenvalue weighted by atomic mass is 9.76. The summed E-state index contributed by atoms with van der Waals surface area (Å²) in [6, 6.07) is 0.490. The molecule has 5 nitrogen and oxygen atoms in total. The third-order valence-electron chi connectivity index (χ3n) is 5.05. The van der Waals surface area contributed by atoms with Gasteiger partial charge in [0.25, 0.3) is 0 Å². The fourth-order valence-electron chi connectivity index (χ4n) is 3.86. The summed E-state index contributed by atoms with van der Waals surface area (Å²) in [5.74, 6) is 1.57. The topological polar surface area (TPSA) is 67.8 Å². The number of aliphatic imine (C=N–C) groups is 1. The number of hydrogen-bond acceptors (Lipinski definition) is 5. The number of carbonyl (C=O) groups excluding carboxylic acids is 2. The Bertz CT molecular complexity index is 396. The van der Waals surface area contributed by atoms with Gasteiger partial charge >= 0.3 is 6.09 Å². The molecule has 0 unspecified atom stereocenters. The molecule has 2 fully saturated rings. The summed E-state index contributed by atoms with van der Waals surface area (Å²) < 4.78 is 4.85. The largest absolute Gasteiger partial charge is 0.419 e. The van der Waals surface area contributed by atoms with Crippen LogP contribution >= 0.6 is 12.0 Å². The first-order chi connectivity index (χ1) is 10.7. The number of hydrogen-bond donors (Lipinski definition) is 1. The Morgan fingerprint density at radius 1 is 1.14 bits per heavy atom. The van der Waals surface area contributed by atoms with Crippen LogP contribution in [0.1, 0.15) is 57.8 Å². The molecule has 0 aliphatic heterocycles. The zero-order valence-electron chi connectivity index (χ0n) is 13.3. The highest BCUT2D eigenvalue weighted by Gasteiger charge is 2.27. The maximum Gasteiger partial charge on any atom is 0.419 e. The molecule has 6 heteroatoms. The van der Waals surface area contributed by atoms with E-state index < -0.39 is 0 Å². The summed E-state index contributed by atoms with van der Waals surface area (Å²) in [6.07, 6.45) is 13.4. The SMILES string of the molecule is CSOC(=O)NC1CCC(CC2CCC(N=C=O)CC2)CC1. The summed E-state index contributed by atoms with van der Waals surface area (Å²) in [5, 5.41) is 2.93. The monoisotopic (exact) mass is 326 g/mol. The second kappa shape index (κ2) is 9.21. The molecule has 0 aromatic rings. The molecule has 0 atom stereocenters. The number of carbonyl (C=O) groups is 1. The Kier molecular flexibility index (Phi) is 7.26. The van der Waals surface area contributed by atoms with Gasteiger partial charge in [0, 0.05) is 12.3 Å². The predicted molar refractivity (Wildman–Crippen MR) is 87.4 cm³/mol. The van der Waals surface area contributed by atoms with Crippen molar-refractivity contribution in [3.05, 3.63) is 0 Å². The Hall–Kier alpha value is -1.00. The van der Waals surface area contributed by atoms with E-state index in [4.69, 9.17) is 4.18 Å². The molecule has 2 aliphatic rings. The van der Waals surface area contributed by atoms with Crippen molar-refractivity contribution >= 4 is 24.2 Å². The molecule has 22 heavy (non-hydrogen) atoms. The van der Waals surface area contributed by atoms with Gasteiger partial charge in [-0.1, -0.05) is 0 Å². The molecule has 0 heterocycles. The number of isocyanates is 1. The summed E-state index contributed by atoms with van der Waals surface area (Å²) in [5.41, 5.74) is 0. The summed E-state index contributed by atoms with van der Waals surface area (Å²) in [7, 11) is 0. The highest BCUT2D eigenvalue weighted by Crippen LogP contribution is 2.36. The summed E-state index contributed by atoms with van der Waals surface area (Å²) in [6.45, 7) is 0. The lowest BCUT2D eigenvalue weighted by molar-refractivity contribution is 0.187. The molecule has 1 N–H and O–H groups in total.